The van der Waals surface area contributed by atoms with Gasteiger partial charge in [0, 0.05) is 24.5 Å². The zero-order chi connectivity index (χ0) is 13.5. The van der Waals surface area contributed by atoms with Crippen LogP contribution in [0.4, 0.5) is 0 Å². The van der Waals surface area contributed by atoms with Crippen molar-refractivity contribution in [2.45, 2.75) is 18.1 Å². The predicted octanol–water partition coefficient (Wildman–Crippen LogP) is 2.61. The molecular weight excluding hydrogens is 258 g/mol. The van der Waals surface area contributed by atoms with Gasteiger partial charge in [-0.05, 0) is 6.42 Å². The van der Waals surface area contributed by atoms with Gasteiger partial charge in [0.15, 0.2) is 11.0 Å². The van der Waals surface area contributed by atoms with Crippen molar-refractivity contribution in [1.29, 1.82) is 0 Å². The Hall–Kier alpha value is -1.59. The average molecular weight is 275 g/mol. The topological polar surface area (TPSA) is 50.9 Å². The molecule has 2 aromatic rings. The summed E-state index contributed by atoms with van der Waals surface area (Å²) >= 11 is 1.61. The van der Waals surface area contributed by atoms with Crippen molar-refractivity contribution in [2.24, 2.45) is 0 Å². The first-order chi connectivity index (χ1) is 9.36. The predicted molar refractivity (Wildman–Crippen MR) is 78.1 cm³/mol. The number of nitrogens with zero attached hydrogens (tertiary/aromatic N) is 3. The zero-order valence-corrected chi connectivity index (χ0v) is 11.5. The van der Waals surface area contributed by atoms with E-state index in [1.165, 1.54) is 0 Å². The summed E-state index contributed by atoms with van der Waals surface area (Å²) in [6, 6.07) is 9.99. The second-order valence-electron chi connectivity index (χ2n) is 4.00. The van der Waals surface area contributed by atoms with E-state index in [4.69, 9.17) is 5.11 Å². The van der Waals surface area contributed by atoms with E-state index in [0.29, 0.717) is 6.54 Å². The largest absolute Gasteiger partial charge is 0.396 e. The van der Waals surface area contributed by atoms with Gasteiger partial charge in [-0.1, -0.05) is 48.2 Å². The zero-order valence-electron chi connectivity index (χ0n) is 10.7. The molecule has 1 N–H and O–H groups in total. The van der Waals surface area contributed by atoms with Gasteiger partial charge in [0.25, 0.3) is 0 Å². The molecule has 0 aliphatic carbocycles. The number of benzene rings is 1. The van der Waals surface area contributed by atoms with Crippen molar-refractivity contribution in [1.82, 2.24) is 14.8 Å². The van der Waals surface area contributed by atoms with E-state index in [0.717, 1.165) is 28.7 Å². The molecule has 0 aliphatic heterocycles. The Bertz CT molecular complexity index is 525. The third-order valence-corrected chi connectivity index (χ3v) is 3.65. The highest BCUT2D eigenvalue weighted by molar-refractivity contribution is 7.99. The summed E-state index contributed by atoms with van der Waals surface area (Å²) < 4.78 is 2.05. The lowest BCUT2D eigenvalue weighted by Crippen LogP contribution is -2.01. The van der Waals surface area contributed by atoms with Crippen LogP contribution in [0.1, 0.15) is 6.42 Å². The van der Waals surface area contributed by atoms with E-state index in [2.05, 4.69) is 16.8 Å². The Balaban J connectivity index is 2.26. The first-order valence-electron chi connectivity index (χ1n) is 6.20. The molecule has 1 aromatic heterocycles. The Labute approximate surface area is 117 Å². The molecule has 0 fully saturated rings. The van der Waals surface area contributed by atoms with Crippen LogP contribution in [0.3, 0.4) is 0 Å². The van der Waals surface area contributed by atoms with Crippen LogP contribution in [0, 0.1) is 0 Å². The van der Waals surface area contributed by atoms with Crippen molar-refractivity contribution >= 4 is 11.8 Å². The summed E-state index contributed by atoms with van der Waals surface area (Å²) in [5.41, 5.74) is 1.05. The lowest BCUT2D eigenvalue weighted by atomic mass is 10.2. The van der Waals surface area contributed by atoms with E-state index < -0.39 is 0 Å². The molecule has 0 aliphatic rings. The molecule has 0 spiro atoms. The Kier molecular flexibility index (Phi) is 5.18. The second-order valence-corrected chi connectivity index (χ2v) is 5.06. The fourth-order valence-electron chi connectivity index (χ4n) is 1.72. The van der Waals surface area contributed by atoms with Gasteiger partial charge in [-0.3, -0.25) is 4.57 Å². The van der Waals surface area contributed by atoms with Crippen molar-refractivity contribution < 1.29 is 5.11 Å². The minimum absolute atomic E-state index is 0.203. The van der Waals surface area contributed by atoms with Crippen LogP contribution in [-0.4, -0.2) is 32.2 Å². The second kappa shape index (κ2) is 7.11. The summed E-state index contributed by atoms with van der Waals surface area (Å²) in [6.45, 7) is 4.66. The number of aromatic nitrogens is 3. The number of hydrogen-bond donors (Lipinski definition) is 1. The molecule has 100 valence electrons. The standard InChI is InChI=1S/C14H17N3OS/c1-2-9-17-13(12-7-4-3-5-8-12)15-16-14(17)19-11-6-10-18/h2-5,7-8,18H,1,6,9-11H2. The molecule has 1 aromatic carbocycles. The van der Waals surface area contributed by atoms with Crippen LogP contribution < -0.4 is 0 Å². The van der Waals surface area contributed by atoms with Crippen LogP contribution in [0.15, 0.2) is 48.1 Å². The smallest absolute Gasteiger partial charge is 0.191 e. The molecule has 0 amide bonds. The third kappa shape index (κ3) is 3.45. The van der Waals surface area contributed by atoms with E-state index in [1.807, 2.05) is 41.0 Å². The molecule has 0 radical (unpaired) electrons. The summed E-state index contributed by atoms with van der Waals surface area (Å²) in [5.74, 6) is 1.69. The van der Waals surface area contributed by atoms with E-state index in [9.17, 15) is 0 Å². The van der Waals surface area contributed by atoms with Gasteiger partial charge in [0.1, 0.15) is 0 Å². The van der Waals surface area contributed by atoms with E-state index >= 15 is 0 Å². The SMILES string of the molecule is C=CCn1c(SCCCO)nnc1-c1ccccc1. The first kappa shape index (κ1) is 13.8. The highest BCUT2D eigenvalue weighted by Crippen LogP contribution is 2.24. The van der Waals surface area contributed by atoms with E-state index in [1.54, 1.807) is 11.8 Å². The summed E-state index contributed by atoms with van der Waals surface area (Å²) in [4.78, 5) is 0. The van der Waals surface area contributed by atoms with Crippen LogP contribution in [0.5, 0.6) is 0 Å². The number of hydrogen-bond acceptors (Lipinski definition) is 4. The average Bonchev–Trinajstić information content (AvgIpc) is 2.84. The molecule has 0 unspecified atom stereocenters. The fourth-order valence-corrected chi connectivity index (χ4v) is 2.59. The first-order valence-corrected chi connectivity index (χ1v) is 7.18. The molecule has 19 heavy (non-hydrogen) atoms. The number of aliphatic hydroxyl groups excluding tert-OH is 1. The highest BCUT2D eigenvalue weighted by atomic mass is 32.2. The van der Waals surface area contributed by atoms with Crippen molar-refractivity contribution in [3.8, 4) is 11.4 Å². The quantitative estimate of drug-likeness (QED) is 0.479. The number of thioether (sulfide) groups is 1. The van der Waals surface area contributed by atoms with Gasteiger partial charge in [-0.15, -0.1) is 16.8 Å². The molecule has 0 saturated heterocycles. The van der Waals surface area contributed by atoms with Gasteiger partial charge >= 0.3 is 0 Å². The third-order valence-electron chi connectivity index (χ3n) is 2.59. The van der Waals surface area contributed by atoms with Crippen molar-refractivity contribution in [3.05, 3.63) is 43.0 Å². The molecule has 0 bridgehead atoms. The summed E-state index contributed by atoms with van der Waals surface area (Å²) in [5, 5.41) is 18.2. The van der Waals surface area contributed by atoms with Gasteiger partial charge in [0.05, 0.1) is 0 Å². The van der Waals surface area contributed by atoms with Crippen LogP contribution >= 0.6 is 11.8 Å². The number of rotatable bonds is 7. The lowest BCUT2D eigenvalue weighted by molar-refractivity contribution is 0.296. The molecule has 0 atom stereocenters. The van der Waals surface area contributed by atoms with Crippen LogP contribution in [0.2, 0.25) is 0 Å². The Morgan fingerprint density at radius 1 is 1.26 bits per heavy atom. The molecule has 5 heteroatoms. The number of aliphatic hydroxyl groups is 1. The molecule has 2 rings (SSSR count). The monoisotopic (exact) mass is 275 g/mol. The molecule has 0 saturated carbocycles. The minimum Gasteiger partial charge on any atom is -0.396 e. The molecule has 4 nitrogen and oxygen atoms in total. The number of allylic oxidation sites excluding steroid dienone is 1. The molecule has 1 heterocycles. The van der Waals surface area contributed by atoms with Gasteiger partial charge in [0.2, 0.25) is 0 Å². The van der Waals surface area contributed by atoms with Crippen LogP contribution in [0.25, 0.3) is 11.4 Å². The maximum Gasteiger partial charge on any atom is 0.191 e. The summed E-state index contributed by atoms with van der Waals surface area (Å²) in [6.07, 6.45) is 2.60. The van der Waals surface area contributed by atoms with Crippen molar-refractivity contribution in [3.63, 3.8) is 0 Å². The summed E-state index contributed by atoms with van der Waals surface area (Å²) in [7, 11) is 0. The van der Waals surface area contributed by atoms with E-state index in [-0.39, 0.29) is 6.61 Å². The van der Waals surface area contributed by atoms with Crippen molar-refractivity contribution in [2.75, 3.05) is 12.4 Å². The Morgan fingerprint density at radius 3 is 2.74 bits per heavy atom. The lowest BCUT2D eigenvalue weighted by Gasteiger charge is -2.07. The van der Waals surface area contributed by atoms with Crippen LogP contribution in [-0.2, 0) is 6.54 Å². The fraction of sp³-hybridized carbons (Fsp3) is 0.286. The van der Waals surface area contributed by atoms with Gasteiger partial charge in [-0.25, -0.2) is 0 Å². The minimum atomic E-state index is 0.203. The normalized spacial score (nSPS) is 10.6. The maximum absolute atomic E-state index is 8.83. The molecular formula is C14H17N3OS. The Morgan fingerprint density at radius 2 is 2.05 bits per heavy atom. The van der Waals surface area contributed by atoms with Gasteiger partial charge in [-0.2, -0.15) is 0 Å². The highest BCUT2D eigenvalue weighted by Gasteiger charge is 2.12. The maximum atomic E-state index is 8.83. The van der Waals surface area contributed by atoms with Gasteiger partial charge < -0.3 is 5.11 Å².